The second kappa shape index (κ2) is 4.87. The van der Waals surface area contributed by atoms with Crippen LogP contribution in [0.1, 0.15) is 11.1 Å². The van der Waals surface area contributed by atoms with Gasteiger partial charge in [0.2, 0.25) is 0 Å². The fourth-order valence-electron chi connectivity index (χ4n) is 1.76. The van der Waals surface area contributed by atoms with Crippen molar-refractivity contribution < 1.29 is 5.11 Å². The van der Waals surface area contributed by atoms with E-state index in [-0.39, 0.29) is 5.75 Å². The summed E-state index contributed by atoms with van der Waals surface area (Å²) in [5, 5.41) is 12.9. The van der Waals surface area contributed by atoms with E-state index in [2.05, 4.69) is 5.32 Å². The molecule has 0 saturated carbocycles. The van der Waals surface area contributed by atoms with Gasteiger partial charge in [-0.1, -0.05) is 6.07 Å². The standard InChI is InChI=1S/C14H17N3O/c1-9-7-10(5-6-12(9)15)17-8-11-13(16)3-2-4-14(11)18/h2-7,17-18H,8,15-16H2,1H3. The van der Waals surface area contributed by atoms with Crippen molar-refractivity contribution in [1.82, 2.24) is 0 Å². The average Bonchev–Trinajstić information content (AvgIpc) is 2.33. The molecule has 0 aliphatic carbocycles. The van der Waals surface area contributed by atoms with Crippen molar-refractivity contribution in [2.45, 2.75) is 13.5 Å². The van der Waals surface area contributed by atoms with E-state index in [1.165, 1.54) is 0 Å². The number of phenols is 1. The lowest BCUT2D eigenvalue weighted by Crippen LogP contribution is -2.03. The van der Waals surface area contributed by atoms with Gasteiger partial charge in [-0.05, 0) is 42.8 Å². The first-order valence-electron chi connectivity index (χ1n) is 5.74. The molecule has 0 unspecified atom stereocenters. The topological polar surface area (TPSA) is 84.3 Å². The summed E-state index contributed by atoms with van der Waals surface area (Å²) < 4.78 is 0. The van der Waals surface area contributed by atoms with Crippen LogP contribution in [0.2, 0.25) is 0 Å². The van der Waals surface area contributed by atoms with E-state index >= 15 is 0 Å². The van der Waals surface area contributed by atoms with Gasteiger partial charge in [-0.15, -0.1) is 0 Å². The number of aryl methyl sites for hydroxylation is 1. The highest BCUT2D eigenvalue weighted by molar-refractivity contribution is 5.59. The molecule has 2 aromatic rings. The molecular formula is C14H17N3O. The van der Waals surface area contributed by atoms with Gasteiger partial charge in [-0.3, -0.25) is 0 Å². The van der Waals surface area contributed by atoms with Crippen LogP contribution in [-0.2, 0) is 6.54 Å². The third-order valence-corrected chi connectivity index (χ3v) is 2.93. The first kappa shape index (κ1) is 12.1. The molecule has 4 nitrogen and oxygen atoms in total. The average molecular weight is 243 g/mol. The summed E-state index contributed by atoms with van der Waals surface area (Å²) in [5.74, 6) is 0.203. The summed E-state index contributed by atoms with van der Waals surface area (Å²) >= 11 is 0. The lowest BCUT2D eigenvalue weighted by atomic mass is 10.1. The van der Waals surface area contributed by atoms with Crippen LogP contribution in [0.15, 0.2) is 36.4 Å². The Bertz CT molecular complexity index is 547. The SMILES string of the molecule is Cc1cc(NCc2c(N)cccc2O)ccc1N. The monoisotopic (exact) mass is 243 g/mol. The number of anilines is 3. The van der Waals surface area contributed by atoms with E-state index in [0.717, 1.165) is 16.9 Å². The van der Waals surface area contributed by atoms with Crippen molar-refractivity contribution in [3.63, 3.8) is 0 Å². The molecule has 0 atom stereocenters. The quantitative estimate of drug-likeness (QED) is 0.624. The minimum absolute atomic E-state index is 0.203. The molecule has 2 aromatic carbocycles. The lowest BCUT2D eigenvalue weighted by Gasteiger charge is -2.11. The van der Waals surface area contributed by atoms with Gasteiger partial charge in [0.05, 0.1) is 0 Å². The molecule has 0 aromatic heterocycles. The zero-order valence-corrected chi connectivity index (χ0v) is 10.3. The van der Waals surface area contributed by atoms with Gasteiger partial charge in [0, 0.05) is 29.2 Å². The molecule has 0 heterocycles. The predicted octanol–water partition coefficient (Wildman–Crippen LogP) is 2.48. The Morgan fingerprint density at radius 2 is 1.89 bits per heavy atom. The number of hydrogen-bond acceptors (Lipinski definition) is 4. The molecule has 6 N–H and O–H groups in total. The highest BCUT2D eigenvalue weighted by Gasteiger charge is 2.05. The van der Waals surface area contributed by atoms with Crippen molar-refractivity contribution >= 4 is 17.1 Å². The molecule has 0 aliphatic heterocycles. The van der Waals surface area contributed by atoms with Gasteiger partial charge < -0.3 is 21.9 Å². The maximum Gasteiger partial charge on any atom is 0.122 e. The molecule has 18 heavy (non-hydrogen) atoms. The van der Waals surface area contributed by atoms with Crippen molar-refractivity contribution in [3.05, 3.63) is 47.5 Å². The Labute approximate surface area is 106 Å². The molecule has 0 fully saturated rings. The van der Waals surface area contributed by atoms with Crippen LogP contribution >= 0.6 is 0 Å². The number of hydrogen-bond donors (Lipinski definition) is 4. The third-order valence-electron chi connectivity index (χ3n) is 2.93. The van der Waals surface area contributed by atoms with Crippen molar-refractivity contribution in [2.24, 2.45) is 0 Å². The largest absolute Gasteiger partial charge is 0.508 e. The third kappa shape index (κ3) is 2.48. The van der Waals surface area contributed by atoms with E-state index in [1.807, 2.05) is 25.1 Å². The fourth-order valence-corrected chi connectivity index (χ4v) is 1.76. The van der Waals surface area contributed by atoms with Gasteiger partial charge in [0.1, 0.15) is 5.75 Å². The first-order chi connectivity index (χ1) is 8.58. The highest BCUT2D eigenvalue weighted by atomic mass is 16.3. The Morgan fingerprint density at radius 3 is 2.56 bits per heavy atom. The van der Waals surface area contributed by atoms with Gasteiger partial charge >= 0.3 is 0 Å². The normalized spacial score (nSPS) is 10.3. The maximum absolute atomic E-state index is 9.73. The summed E-state index contributed by atoms with van der Waals surface area (Å²) in [4.78, 5) is 0. The van der Waals surface area contributed by atoms with Crippen molar-refractivity contribution in [3.8, 4) is 5.75 Å². The zero-order valence-electron chi connectivity index (χ0n) is 10.3. The van der Waals surface area contributed by atoms with Crippen LogP contribution < -0.4 is 16.8 Å². The second-order valence-corrected chi connectivity index (χ2v) is 4.27. The number of benzene rings is 2. The minimum Gasteiger partial charge on any atom is -0.508 e. The molecule has 2 rings (SSSR count). The zero-order chi connectivity index (χ0) is 13.1. The number of nitrogens with one attached hydrogen (secondary N) is 1. The Balaban J connectivity index is 2.14. The summed E-state index contributed by atoms with van der Waals surface area (Å²) in [6.45, 7) is 2.43. The van der Waals surface area contributed by atoms with E-state index in [4.69, 9.17) is 11.5 Å². The molecule has 0 bridgehead atoms. The van der Waals surface area contributed by atoms with E-state index in [0.29, 0.717) is 17.8 Å². The van der Waals surface area contributed by atoms with Crippen LogP contribution in [-0.4, -0.2) is 5.11 Å². The van der Waals surface area contributed by atoms with Gasteiger partial charge in [0.15, 0.2) is 0 Å². The molecule has 0 spiro atoms. The van der Waals surface area contributed by atoms with E-state index in [9.17, 15) is 5.11 Å². The minimum atomic E-state index is 0.203. The second-order valence-electron chi connectivity index (χ2n) is 4.27. The van der Waals surface area contributed by atoms with Gasteiger partial charge in [-0.25, -0.2) is 0 Å². The number of phenolic OH excluding ortho intramolecular Hbond substituents is 1. The summed E-state index contributed by atoms with van der Waals surface area (Å²) in [7, 11) is 0. The fraction of sp³-hybridized carbons (Fsp3) is 0.143. The Hall–Kier alpha value is -2.36. The first-order valence-corrected chi connectivity index (χ1v) is 5.74. The smallest absolute Gasteiger partial charge is 0.122 e. The lowest BCUT2D eigenvalue weighted by molar-refractivity contribution is 0.469. The van der Waals surface area contributed by atoms with Crippen LogP contribution in [0.4, 0.5) is 17.1 Å². The van der Waals surface area contributed by atoms with Crippen molar-refractivity contribution in [2.75, 3.05) is 16.8 Å². The number of nitrogen functional groups attached to an aromatic ring is 2. The number of rotatable bonds is 3. The summed E-state index contributed by atoms with van der Waals surface area (Å²) in [6.07, 6.45) is 0. The van der Waals surface area contributed by atoms with E-state index in [1.54, 1.807) is 18.2 Å². The Morgan fingerprint density at radius 1 is 1.11 bits per heavy atom. The number of aromatic hydroxyl groups is 1. The predicted molar refractivity (Wildman–Crippen MR) is 75.4 cm³/mol. The molecule has 0 saturated heterocycles. The van der Waals surface area contributed by atoms with Crippen LogP contribution in [0.25, 0.3) is 0 Å². The van der Waals surface area contributed by atoms with Crippen LogP contribution in [0.5, 0.6) is 5.75 Å². The van der Waals surface area contributed by atoms with Crippen molar-refractivity contribution in [1.29, 1.82) is 0 Å². The highest BCUT2D eigenvalue weighted by Crippen LogP contribution is 2.24. The summed E-state index contributed by atoms with van der Waals surface area (Å²) in [5.41, 5.74) is 15.6. The molecule has 94 valence electrons. The van der Waals surface area contributed by atoms with E-state index < -0.39 is 0 Å². The molecule has 4 heteroatoms. The Kier molecular flexibility index (Phi) is 3.28. The van der Waals surface area contributed by atoms with Gasteiger partial charge in [-0.2, -0.15) is 0 Å². The summed E-state index contributed by atoms with van der Waals surface area (Å²) in [6, 6.07) is 10.8. The van der Waals surface area contributed by atoms with Gasteiger partial charge in [0.25, 0.3) is 0 Å². The molecule has 0 aliphatic rings. The van der Waals surface area contributed by atoms with Crippen LogP contribution in [0, 0.1) is 6.92 Å². The molecule has 0 radical (unpaired) electrons. The molecular weight excluding hydrogens is 226 g/mol. The molecule has 0 amide bonds. The van der Waals surface area contributed by atoms with Crippen LogP contribution in [0.3, 0.4) is 0 Å². The maximum atomic E-state index is 9.73. The number of nitrogens with two attached hydrogens (primary N) is 2.